The molecule has 1 aromatic carbocycles. The van der Waals surface area contributed by atoms with Gasteiger partial charge in [-0.15, -0.1) is 4.57 Å². The van der Waals surface area contributed by atoms with Crippen molar-refractivity contribution in [3.05, 3.63) is 30.1 Å². The van der Waals surface area contributed by atoms with Gasteiger partial charge in [0.2, 0.25) is 0 Å². The fourth-order valence-electron chi connectivity index (χ4n) is 1.63. The number of hydrogen-bond donors (Lipinski definition) is 0. The lowest BCUT2D eigenvalue weighted by Gasteiger charge is -2.17. The lowest BCUT2D eigenvalue weighted by atomic mass is 10.2. The van der Waals surface area contributed by atoms with Crippen molar-refractivity contribution in [3.63, 3.8) is 0 Å². The van der Waals surface area contributed by atoms with E-state index in [1.807, 2.05) is 45.9 Å². The topological polar surface area (TPSA) is 45.4 Å². The molecule has 0 saturated heterocycles. The average Bonchev–Trinajstić information content (AvgIpc) is 2.57. The van der Waals surface area contributed by atoms with E-state index in [9.17, 15) is 4.79 Å². The highest BCUT2D eigenvalue weighted by molar-refractivity contribution is 5.84. The summed E-state index contributed by atoms with van der Waals surface area (Å²) in [6.07, 6.45) is 1.26. The van der Waals surface area contributed by atoms with Crippen LogP contribution in [0.2, 0.25) is 0 Å². The van der Waals surface area contributed by atoms with E-state index < -0.39 is 5.60 Å². The van der Waals surface area contributed by atoms with Crippen LogP contribution in [0.4, 0.5) is 4.79 Å². The van der Waals surface area contributed by atoms with Crippen LogP contribution in [0.3, 0.4) is 0 Å². The van der Waals surface area contributed by atoms with Crippen molar-refractivity contribution >= 4 is 17.1 Å². The number of carbonyl (C=O) groups is 1. The van der Waals surface area contributed by atoms with Crippen LogP contribution >= 0.6 is 0 Å². The number of fused-ring (bicyclic) bond motifs is 1. The number of nitrogens with zero attached hydrogens (tertiary/aromatic N) is 1. The van der Waals surface area contributed by atoms with Crippen molar-refractivity contribution in [3.8, 4) is 0 Å². The van der Waals surface area contributed by atoms with Crippen molar-refractivity contribution in [1.82, 2.24) is 4.57 Å². The first-order chi connectivity index (χ1) is 7.87. The van der Waals surface area contributed by atoms with Crippen molar-refractivity contribution in [2.75, 3.05) is 0 Å². The monoisotopic (exact) mass is 233 g/mol. The number of H-pyrrole nitrogens is 1. The summed E-state index contributed by atoms with van der Waals surface area (Å²) >= 11 is 0. The number of benzene rings is 1. The van der Waals surface area contributed by atoms with Crippen LogP contribution in [0.25, 0.3) is 11.0 Å². The highest BCUT2D eigenvalue weighted by Gasteiger charge is 2.24. The van der Waals surface area contributed by atoms with Crippen LogP contribution in [0.15, 0.2) is 24.5 Å². The lowest BCUT2D eigenvalue weighted by Crippen LogP contribution is -2.27. The number of aromatic nitrogens is 2. The van der Waals surface area contributed by atoms with Gasteiger partial charge in [-0.2, -0.15) is 4.79 Å². The van der Waals surface area contributed by atoms with E-state index in [2.05, 4.69) is 4.98 Å². The maximum absolute atomic E-state index is 12.0. The molecular formula is C13H17N2O2+. The molecule has 17 heavy (non-hydrogen) atoms. The normalized spacial score (nSPS) is 11.8. The minimum atomic E-state index is -0.489. The van der Waals surface area contributed by atoms with E-state index in [1.165, 1.54) is 4.57 Å². The molecule has 0 aliphatic carbocycles. The fourth-order valence-corrected chi connectivity index (χ4v) is 1.63. The Kier molecular flexibility index (Phi) is 2.65. The van der Waals surface area contributed by atoms with E-state index in [0.29, 0.717) is 0 Å². The largest absolute Gasteiger partial charge is 0.512 e. The van der Waals surface area contributed by atoms with Crippen molar-refractivity contribution in [2.45, 2.75) is 33.3 Å². The first-order valence-corrected chi connectivity index (χ1v) is 5.59. The minimum Gasteiger partial charge on any atom is -0.425 e. The summed E-state index contributed by atoms with van der Waals surface area (Å²) in [6.45, 7) is 7.55. The molecular weight excluding hydrogens is 216 g/mol. The summed E-state index contributed by atoms with van der Waals surface area (Å²) in [6, 6.07) is 5.90. The fraction of sp³-hybridized carbons (Fsp3) is 0.385. The molecule has 2 rings (SSSR count). The number of rotatable bonds is 0. The predicted octanol–water partition coefficient (Wildman–Crippen LogP) is 2.55. The molecule has 2 aromatic rings. The van der Waals surface area contributed by atoms with Gasteiger partial charge in [0.05, 0.1) is 0 Å². The summed E-state index contributed by atoms with van der Waals surface area (Å²) in [4.78, 5) is 15.0. The zero-order valence-corrected chi connectivity index (χ0v) is 10.6. The van der Waals surface area contributed by atoms with Crippen LogP contribution in [0, 0.1) is 6.92 Å². The number of nitrogens with one attached hydrogen (secondary N) is 1. The smallest absolute Gasteiger partial charge is 0.425 e. The van der Waals surface area contributed by atoms with Gasteiger partial charge >= 0.3 is 6.09 Å². The quantitative estimate of drug-likeness (QED) is 0.702. The Morgan fingerprint density at radius 2 is 2.06 bits per heavy atom. The maximum atomic E-state index is 12.0. The van der Waals surface area contributed by atoms with Crippen molar-refractivity contribution in [2.24, 2.45) is 0 Å². The number of ether oxygens (including phenoxy) is 1. The first-order valence-electron chi connectivity index (χ1n) is 5.59. The molecule has 90 valence electrons. The highest BCUT2D eigenvalue weighted by Crippen LogP contribution is 2.15. The molecule has 1 aromatic heterocycles. The Bertz CT molecular complexity index is 564. The summed E-state index contributed by atoms with van der Waals surface area (Å²) < 4.78 is 6.83. The number of imidazole rings is 1. The lowest BCUT2D eigenvalue weighted by molar-refractivity contribution is -0.345. The van der Waals surface area contributed by atoms with Gasteiger partial charge in [-0.1, -0.05) is 6.07 Å². The third-order valence-corrected chi connectivity index (χ3v) is 2.35. The Hall–Kier alpha value is -1.84. The van der Waals surface area contributed by atoms with Gasteiger partial charge in [-0.25, -0.2) is 4.98 Å². The Balaban J connectivity index is 2.42. The van der Waals surface area contributed by atoms with Crippen LogP contribution < -0.4 is 4.98 Å². The van der Waals surface area contributed by atoms with E-state index in [0.717, 1.165) is 16.6 Å². The number of aryl methyl sites for hydroxylation is 1. The van der Waals surface area contributed by atoms with Gasteiger partial charge in [-0.3, -0.25) is 0 Å². The molecule has 0 aliphatic heterocycles. The zero-order chi connectivity index (χ0) is 12.6. The minimum absolute atomic E-state index is 0.366. The Labute approximate surface area is 100 Å². The van der Waals surface area contributed by atoms with Gasteiger partial charge < -0.3 is 4.74 Å². The molecule has 4 nitrogen and oxygen atoms in total. The molecule has 0 unspecified atom stereocenters. The molecule has 0 bridgehead atoms. The molecule has 0 fully saturated rings. The number of carbonyl (C=O) groups excluding carboxylic acids is 1. The Morgan fingerprint density at radius 1 is 1.35 bits per heavy atom. The second kappa shape index (κ2) is 3.87. The van der Waals surface area contributed by atoms with Crippen LogP contribution in [-0.2, 0) is 4.74 Å². The SMILES string of the molecule is Cc1ccc2[nH+]cn(C(=O)OC(C)(C)C)c2c1. The third kappa shape index (κ3) is 2.46. The molecule has 0 spiro atoms. The summed E-state index contributed by atoms with van der Waals surface area (Å²) in [5, 5.41) is 0. The summed E-state index contributed by atoms with van der Waals surface area (Å²) in [7, 11) is 0. The predicted molar refractivity (Wildman–Crippen MR) is 64.9 cm³/mol. The second-order valence-electron chi connectivity index (χ2n) is 5.14. The van der Waals surface area contributed by atoms with Gasteiger partial charge in [0, 0.05) is 0 Å². The van der Waals surface area contributed by atoms with E-state index in [4.69, 9.17) is 4.74 Å². The highest BCUT2D eigenvalue weighted by atomic mass is 16.6. The second-order valence-corrected chi connectivity index (χ2v) is 5.14. The Morgan fingerprint density at radius 3 is 2.71 bits per heavy atom. The van der Waals surface area contributed by atoms with Crippen LogP contribution in [-0.4, -0.2) is 16.3 Å². The summed E-state index contributed by atoms with van der Waals surface area (Å²) in [5.41, 5.74) is 2.37. The van der Waals surface area contributed by atoms with Gasteiger partial charge in [0.15, 0.2) is 11.0 Å². The van der Waals surface area contributed by atoms with Gasteiger partial charge in [-0.05, 0) is 45.4 Å². The van der Waals surface area contributed by atoms with Gasteiger partial charge in [0.25, 0.3) is 6.33 Å². The van der Waals surface area contributed by atoms with Crippen molar-refractivity contribution in [1.29, 1.82) is 0 Å². The molecule has 0 atom stereocenters. The van der Waals surface area contributed by atoms with Gasteiger partial charge in [0.1, 0.15) is 5.60 Å². The van der Waals surface area contributed by atoms with E-state index >= 15 is 0 Å². The van der Waals surface area contributed by atoms with Crippen LogP contribution in [0.5, 0.6) is 0 Å². The molecule has 1 N–H and O–H groups in total. The standard InChI is InChI=1S/C13H16N2O2/c1-9-5-6-10-11(7-9)15(8-14-10)12(16)17-13(2,3)4/h5-8H,1-4H3/p+1. The number of hydrogen-bond acceptors (Lipinski definition) is 2. The number of aromatic amines is 1. The van der Waals surface area contributed by atoms with Crippen LogP contribution in [0.1, 0.15) is 26.3 Å². The van der Waals surface area contributed by atoms with E-state index in [-0.39, 0.29) is 6.09 Å². The maximum Gasteiger partial charge on any atom is 0.512 e. The molecule has 0 saturated carbocycles. The van der Waals surface area contributed by atoms with Crippen molar-refractivity contribution < 1.29 is 14.5 Å². The molecule has 1 heterocycles. The van der Waals surface area contributed by atoms with E-state index in [1.54, 1.807) is 6.33 Å². The zero-order valence-electron chi connectivity index (χ0n) is 10.6. The molecule has 0 radical (unpaired) electrons. The third-order valence-electron chi connectivity index (χ3n) is 2.35. The first kappa shape index (κ1) is 11.6. The average molecular weight is 233 g/mol. The summed E-state index contributed by atoms with van der Waals surface area (Å²) in [5.74, 6) is 0. The molecule has 4 heteroatoms. The molecule has 0 amide bonds. The molecule has 0 aliphatic rings.